The Hall–Kier alpha value is -2.54. The van der Waals surface area contributed by atoms with Gasteiger partial charge in [0, 0.05) is 16.5 Å². The molecule has 7 heteroatoms. The van der Waals surface area contributed by atoms with E-state index in [9.17, 15) is 19.1 Å². The minimum Gasteiger partial charge on any atom is -0.478 e. The summed E-state index contributed by atoms with van der Waals surface area (Å²) in [6.07, 6.45) is 0. The van der Waals surface area contributed by atoms with Gasteiger partial charge in [-0.2, -0.15) is 0 Å². The zero-order valence-corrected chi connectivity index (χ0v) is 11.6. The number of para-hydroxylation sites is 1. The van der Waals surface area contributed by atoms with E-state index in [1.165, 1.54) is 30.3 Å². The van der Waals surface area contributed by atoms with Crippen LogP contribution in [0.2, 0.25) is 0 Å². The van der Waals surface area contributed by atoms with E-state index >= 15 is 0 Å². The fourth-order valence-electron chi connectivity index (χ4n) is 1.78. The fourth-order valence-corrected chi connectivity index (χ4v) is 2.92. The van der Waals surface area contributed by atoms with Gasteiger partial charge in [0.1, 0.15) is 0 Å². The summed E-state index contributed by atoms with van der Waals surface area (Å²) >= 11 is 0. The molecule has 21 heavy (non-hydrogen) atoms. The number of carboxylic acids is 1. The largest absolute Gasteiger partial charge is 0.478 e. The molecule has 0 heterocycles. The summed E-state index contributed by atoms with van der Waals surface area (Å²) in [6, 6.07) is 11.7. The summed E-state index contributed by atoms with van der Waals surface area (Å²) in [5, 5.41) is 19.7. The number of benzene rings is 2. The predicted molar refractivity (Wildman–Crippen MR) is 76.6 cm³/mol. The number of hydrogen-bond acceptors (Lipinski definition) is 4. The number of nitrogens with zero attached hydrogens (tertiary/aromatic N) is 1. The molecule has 2 rings (SSSR count). The highest BCUT2D eigenvalue weighted by Gasteiger charge is 2.16. The SMILES string of the molecule is O=C(O)c1ccc(S(=O)Cc2ccccc2[N+](=O)[O-])cc1. The third-order valence-corrected chi connectivity index (χ3v) is 4.21. The van der Waals surface area contributed by atoms with Crippen LogP contribution >= 0.6 is 0 Å². The van der Waals surface area contributed by atoms with Gasteiger partial charge < -0.3 is 5.11 Å². The normalized spacial score (nSPS) is 11.8. The Morgan fingerprint density at radius 2 is 1.76 bits per heavy atom. The van der Waals surface area contributed by atoms with E-state index in [1.807, 2.05) is 0 Å². The molecular formula is C14H11NO5S. The van der Waals surface area contributed by atoms with Gasteiger partial charge in [-0.25, -0.2) is 4.79 Å². The standard InChI is InChI=1S/C14H11NO5S/c16-14(17)10-5-7-12(8-6-10)21(20)9-11-3-1-2-4-13(11)15(18)19/h1-8H,9H2,(H,16,17). The zero-order chi connectivity index (χ0) is 15.4. The number of hydrogen-bond donors (Lipinski definition) is 1. The minimum absolute atomic E-state index is 0.00354. The summed E-state index contributed by atoms with van der Waals surface area (Å²) < 4.78 is 12.2. The van der Waals surface area contributed by atoms with Crippen molar-refractivity contribution < 1.29 is 19.0 Å². The van der Waals surface area contributed by atoms with Crippen molar-refractivity contribution in [2.75, 3.05) is 0 Å². The average molecular weight is 305 g/mol. The van der Waals surface area contributed by atoms with E-state index in [1.54, 1.807) is 18.2 Å². The van der Waals surface area contributed by atoms with Crippen molar-refractivity contribution in [3.63, 3.8) is 0 Å². The maximum absolute atomic E-state index is 12.2. The average Bonchev–Trinajstić information content (AvgIpc) is 2.47. The molecule has 0 bridgehead atoms. The Balaban J connectivity index is 2.22. The first-order valence-electron chi connectivity index (χ1n) is 5.93. The van der Waals surface area contributed by atoms with Crippen molar-refractivity contribution in [3.8, 4) is 0 Å². The number of nitro groups is 1. The van der Waals surface area contributed by atoms with Crippen molar-refractivity contribution in [2.24, 2.45) is 0 Å². The second-order valence-electron chi connectivity index (χ2n) is 4.21. The molecule has 1 unspecified atom stereocenters. The number of carbonyl (C=O) groups is 1. The molecular weight excluding hydrogens is 294 g/mol. The Bertz CT molecular complexity index is 712. The van der Waals surface area contributed by atoms with Crippen molar-refractivity contribution in [3.05, 3.63) is 69.8 Å². The molecule has 0 aliphatic heterocycles. The lowest BCUT2D eigenvalue weighted by molar-refractivity contribution is -0.385. The van der Waals surface area contributed by atoms with Gasteiger partial charge in [-0.05, 0) is 24.3 Å². The molecule has 0 aliphatic carbocycles. The molecule has 0 amide bonds. The van der Waals surface area contributed by atoms with Crippen LogP contribution in [-0.2, 0) is 16.6 Å². The minimum atomic E-state index is -1.48. The molecule has 6 nitrogen and oxygen atoms in total. The molecule has 1 N–H and O–H groups in total. The monoisotopic (exact) mass is 305 g/mol. The van der Waals surface area contributed by atoms with Crippen molar-refractivity contribution in [1.29, 1.82) is 0 Å². The van der Waals surface area contributed by atoms with E-state index in [0.717, 1.165) is 0 Å². The summed E-state index contributed by atoms with van der Waals surface area (Å²) in [5.41, 5.74) is 0.401. The Kier molecular flexibility index (Phi) is 4.44. The maximum atomic E-state index is 12.2. The molecule has 108 valence electrons. The molecule has 0 radical (unpaired) electrons. The quantitative estimate of drug-likeness (QED) is 0.676. The second-order valence-corrected chi connectivity index (χ2v) is 5.66. The van der Waals surface area contributed by atoms with Gasteiger partial charge in [0.2, 0.25) is 0 Å². The van der Waals surface area contributed by atoms with Gasteiger partial charge in [0.25, 0.3) is 5.69 Å². The Morgan fingerprint density at radius 1 is 1.14 bits per heavy atom. The maximum Gasteiger partial charge on any atom is 0.335 e. The fraction of sp³-hybridized carbons (Fsp3) is 0.0714. The van der Waals surface area contributed by atoms with Gasteiger partial charge in [-0.1, -0.05) is 18.2 Å². The highest BCUT2D eigenvalue weighted by Crippen LogP contribution is 2.21. The van der Waals surface area contributed by atoms with Gasteiger partial charge in [-0.3, -0.25) is 14.3 Å². The molecule has 0 aliphatic rings. The van der Waals surface area contributed by atoms with Crippen LogP contribution in [0.5, 0.6) is 0 Å². The van der Waals surface area contributed by atoms with Crippen LogP contribution in [0.4, 0.5) is 5.69 Å². The predicted octanol–water partition coefficient (Wildman–Crippen LogP) is 2.60. The number of aromatic carboxylic acids is 1. The topological polar surface area (TPSA) is 97.5 Å². The number of nitro benzene ring substituents is 1. The number of carboxylic acid groups (broad SMARTS) is 1. The van der Waals surface area contributed by atoms with Crippen molar-refractivity contribution in [1.82, 2.24) is 0 Å². The molecule has 1 atom stereocenters. The smallest absolute Gasteiger partial charge is 0.335 e. The van der Waals surface area contributed by atoms with Crippen LogP contribution in [0.3, 0.4) is 0 Å². The van der Waals surface area contributed by atoms with E-state index in [2.05, 4.69) is 0 Å². The molecule has 0 saturated carbocycles. The summed E-state index contributed by atoms with van der Waals surface area (Å²) in [6.45, 7) is 0. The van der Waals surface area contributed by atoms with Crippen LogP contribution in [0, 0.1) is 10.1 Å². The van der Waals surface area contributed by atoms with Gasteiger partial charge in [0.15, 0.2) is 0 Å². The number of rotatable bonds is 5. The Labute approximate surface area is 122 Å². The van der Waals surface area contributed by atoms with Crippen LogP contribution in [0.1, 0.15) is 15.9 Å². The zero-order valence-electron chi connectivity index (χ0n) is 10.8. The van der Waals surface area contributed by atoms with E-state index < -0.39 is 21.7 Å². The van der Waals surface area contributed by atoms with E-state index in [0.29, 0.717) is 10.5 Å². The first kappa shape index (κ1) is 14.9. The van der Waals surface area contributed by atoms with Gasteiger partial charge in [0.05, 0.1) is 27.0 Å². The van der Waals surface area contributed by atoms with E-state index in [-0.39, 0.29) is 17.0 Å². The second kappa shape index (κ2) is 6.27. The third kappa shape index (κ3) is 3.51. The highest BCUT2D eigenvalue weighted by molar-refractivity contribution is 7.84. The summed E-state index contributed by atoms with van der Waals surface area (Å²) in [4.78, 5) is 21.6. The van der Waals surface area contributed by atoms with Gasteiger partial charge in [-0.15, -0.1) is 0 Å². The van der Waals surface area contributed by atoms with E-state index in [4.69, 9.17) is 5.11 Å². The Morgan fingerprint density at radius 3 is 2.33 bits per heavy atom. The highest BCUT2D eigenvalue weighted by atomic mass is 32.2. The lowest BCUT2D eigenvalue weighted by Gasteiger charge is -2.04. The van der Waals surface area contributed by atoms with Gasteiger partial charge >= 0.3 is 5.97 Å². The van der Waals surface area contributed by atoms with Crippen LogP contribution in [0.15, 0.2) is 53.4 Å². The summed E-state index contributed by atoms with van der Waals surface area (Å²) in [5.74, 6) is -1.06. The molecule has 0 spiro atoms. The van der Waals surface area contributed by atoms with Crippen LogP contribution < -0.4 is 0 Å². The third-order valence-electron chi connectivity index (χ3n) is 2.84. The molecule has 0 aromatic heterocycles. The van der Waals surface area contributed by atoms with Crippen molar-refractivity contribution >= 4 is 22.5 Å². The lowest BCUT2D eigenvalue weighted by Crippen LogP contribution is -2.02. The lowest BCUT2D eigenvalue weighted by atomic mass is 10.2. The molecule has 0 saturated heterocycles. The molecule has 2 aromatic rings. The molecule has 2 aromatic carbocycles. The molecule has 0 fully saturated rings. The summed E-state index contributed by atoms with van der Waals surface area (Å²) in [7, 11) is -1.48. The van der Waals surface area contributed by atoms with Crippen LogP contribution in [0.25, 0.3) is 0 Å². The first-order chi connectivity index (χ1) is 9.99. The van der Waals surface area contributed by atoms with Crippen molar-refractivity contribution in [2.45, 2.75) is 10.6 Å². The first-order valence-corrected chi connectivity index (χ1v) is 7.25. The van der Waals surface area contributed by atoms with Crippen LogP contribution in [-0.4, -0.2) is 20.2 Å².